The van der Waals surface area contributed by atoms with Gasteiger partial charge < -0.3 is 10.1 Å². The molecule has 0 aliphatic heterocycles. The number of Topliss-reactive ketones (excluding diaryl/α,β-unsaturated/α-hetero) is 1. The van der Waals surface area contributed by atoms with Gasteiger partial charge in [0, 0.05) is 17.2 Å². The van der Waals surface area contributed by atoms with Crippen LogP contribution in [0.15, 0.2) is 36.4 Å². The molecule has 3 aromatic rings. The third-order valence-corrected chi connectivity index (χ3v) is 3.47. The number of amides is 1. The zero-order chi connectivity index (χ0) is 17.1. The Kier molecular flexibility index (Phi) is 4.19. The number of fused-ring (bicyclic) bond motifs is 1. The highest BCUT2D eigenvalue weighted by Crippen LogP contribution is 2.09. The minimum atomic E-state index is -0.273. The maximum Gasteiger partial charge on any atom is 0.251 e. The summed E-state index contributed by atoms with van der Waals surface area (Å²) in [4.78, 5) is 23.4. The van der Waals surface area contributed by atoms with Crippen molar-refractivity contribution in [2.75, 3.05) is 7.11 Å². The van der Waals surface area contributed by atoms with Gasteiger partial charge in [0.05, 0.1) is 13.7 Å². The van der Waals surface area contributed by atoms with Crippen molar-refractivity contribution in [2.24, 2.45) is 0 Å². The van der Waals surface area contributed by atoms with E-state index in [1.807, 2.05) is 0 Å². The number of carbonyl (C=O) groups excluding carboxylic acids is 2. The number of hydrogen-bond acceptors (Lipinski definition) is 6. The molecule has 0 unspecified atom stereocenters. The summed E-state index contributed by atoms with van der Waals surface area (Å²) in [5, 5.41) is 15.0. The second-order valence-electron chi connectivity index (χ2n) is 5.08. The van der Waals surface area contributed by atoms with Crippen molar-refractivity contribution in [3.63, 3.8) is 0 Å². The maximum atomic E-state index is 12.2. The van der Waals surface area contributed by atoms with Crippen molar-refractivity contribution in [3.05, 3.63) is 53.3 Å². The Bertz CT molecular complexity index is 902. The minimum Gasteiger partial charge on any atom is -0.480 e. The smallest absolute Gasteiger partial charge is 0.251 e. The standard InChI is InChI=1S/C16H15N5O3/c1-10(22)11-3-5-12(6-4-11)16(23)17-9-14-19-18-13-7-8-15(24-2)20-21(13)14/h3-8H,9H2,1-2H3,(H,17,23). The van der Waals surface area contributed by atoms with Crippen LogP contribution in [0.1, 0.15) is 33.5 Å². The molecule has 0 fully saturated rings. The number of rotatable bonds is 5. The third-order valence-electron chi connectivity index (χ3n) is 3.47. The minimum absolute atomic E-state index is 0.0445. The number of ether oxygens (including phenoxy) is 1. The molecule has 2 heterocycles. The molecule has 0 saturated carbocycles. The topological polar surface area (TPSA) is 98.5 Å². The second-order valence-corrected chi connectivity index (χ2v) is 5.08. The summed E-state index contributed by atoms with van der Waals surface area (Å²) < 4.78 is 6.58. The second kappa shape index (κ2) is 6.45. The van der Waals surface area contributed by atoms with Gasteiger partial charge in [-0.3, -0.25) is 9.59 Å². The zero-order valence-electron chi connectivity index (χ0n) is 13.2. The van der Waals surface area contributed by atoms with E-state index < -0.39 is 0 Å². The van der Waals surface area contributed by atoms with Gasteiger partial charge in [-0.15, -0.1) is 15.3 Å². The van der Waals surface area contributed by atoms with E-state index in [2.05, 4.69) is 20.6 Å². The van der Waals surface area contributed by atoms with Gasteiger partial charge in [0.2, 0.25) is 5.88 Å². The van der Waals surface area contributed by atoms with E-state index in [-0.39, 0.29) is 18.2 Å². The quantitative estimate of drug-likeness (QED) is 0.709. The number of carbonyl (C=O) groups is 2. The summed E-state index contributed by atoms with van der Waals surface area (Å²) in [6.07, 6.45) is 0. The summed E-state index contributed by atoms with van der Waals surface area (Å²) >= 11 is 0. The van der Waals surface area contributed by atoms with Gasteiger partial charge in [-0.2, -0.15) is 4.52 Å². The first kappa shape index (κ1) is 15.6. The van der Waals surface area contributed by atoms with Crippen LogP contribution in [-0.2, 0) is 6.54 Å². The molecule has 0 saturated heterocycles. The Hall–Kier alpha value is -3.29. The number of benzene rings is 1. The first-order valence-electron chi connectivity index (χ1n) is 7.23. The average Bonchev–Trinajstić information content (AvgIpc) is 3.01. The number of nitrogens with zero attached hydrogens (tertiary/aromatic N) is 4. The first-order valence-corrected chi connectivity index (χ1v) is 7.23. The van der Waals surface area contributed by atoms with Gasteiger partial charge in [0.15, 0.2) is 17.3 Å². The van der Waals surface area contributed by atoms with E-state index >= 15 is 0 Å². The predicted molar refractivity (Wildman–Crippen MR) is 85.0 cm³/mol. The summed E-state index contributed by atoms with van der Waals surface area (Å²) in [7, 11) is 1.52. The van der Waals surface area contributed by atoms with Crippen molar-refractivity contribution in [1.82, 2.24) is 25.1 Å². The van der Waals surface area contributed by atoms with Gasteiger partial charge in [0.1, 0.15) is 0 Å². The normalized spacial score (nSPS) is 10.6. The Labute approximate surface area is 137 Å². The number of methoxy groups -OCH3 is 1. The first-order chi connectivity index (χ1) is 11.6. The van der Waals surface area contributed by atoms with Crippen molar-refractivity contribution in [3.8, 4) is 5.88 Å². The Balaban J connectivity index is 1.73. The highest BCUT2D eigenvalue weighted by Gasteiger charge is 2.11. The maximum absolute atomic E-state index is 12.2. The Morgan fingerprint density at radius 2 is 1.79 bits per heavy atom. The molecule has 0 aliphatic rings. The van der Waals surface area contributed by atoms with Gasteiger partial charge in [-0.25, -0.2) is 0 Å². The van der Waals surface area contributed by atoms with Gasteiger partial charge >= 0.3 is 0 Å². The molecule has 1 amide bonds. The van der Waals surface area contributed by atoms with Crippen LogP contribution in [0.3, 0.4) is 0 Å². The van der Waals surface area contributed by atoms with Gasteiger partial charge in [-0.1, -0.05) is 12.1 Å². The van der Waals surface area contributed by atoms with E-state index in [1.165, 1.54) is 18.5 Å². The van der Waals surface area contributed by atoms with Crippen molar-refractivity contribution < 1.29 is 14.3 Å². The summed E-state index contributed by atoms with van der Waals surface area (Å²) in [5.41, 5.74) is 1.58. The van der Waals surface area contributed by atoms with Crippen molar-refractivity contribution in [2.45, 2.75) is 13.5 Å². The van der Waals surface area contributed by atoms with Crippen LogP contribution in [0.25, 0.3) is 5.65 Å². The van der Waals surface area contributed by atoms with E-state index in [9.17, 15) is 9.59 Å². The van der Waals surface area contributed by atoms with E-state index in [0.29, 0.717) is 28.5 Å². The monoisotopic (exact) mass is 325 g/mol. The van der Waals surface area contributed by atoms with Crippen LogP contribution in [0.5, 0.6) is 5.88 Å². The van der Waals surface area contributed by atoms with Crippen LogP contribution in [0.4, 0.5) is 0 Å². The Morgan fingerprint density at radius 1 is 1.08 bits per heavy atom. The molecule has 0 spiro atoms. The number of hydrogen-bond donors (Lipinski definition) is 1. The highest BCUT2D eigenvalue weighted by molar-refractivity contribution is 5.97. The number of nitrogens with one attached hydrogen (secondary N) is 1. The summed E-state index contributed by atoms with van der Waals surface area (Å²) in [6, 6.07) is 9.87. The van der Waals surface area contributed by atoms with Crippen LogP contribution in [0.2, 0.25) is 0 Å². The van der Waals surface area contributed by atoms with Gasteiger partial charge in [0.25, 0.3) is 5.91 Å². The van der Waals surface area contributed by atoms with Crippen LogP contribution in [-0.4, -0.2) is 38.6 Å². The lowest BCUT2D eigenvalue weighted by molar-refractivity contribution is 0.0947. The lowest BCUT2D eigenvalue weighted by Gasteiger charge is -2.05. The molecule has 0 aliphatic carbocycles. The van der Waals surface area contributed by atoms with Crippen molar-refractivity contribution in [1.29, 1.82) is 0 Å². The molecular formula is C16H15N5O3. The molecule has 2 aromatic heterocycles. The lowest BCUT2D eigenvalue weighted by atomic mass is 10.1. The van der Waals surface area contributed by atoms with E-state index in [4.69, 9.17) is 4.74 Å². The number of ketones is 1. The van der Waals surface area contributed by atoms with Crippen LogP contribution in [0, 0.1) is 0 Å². The van der Waals surface area contributed by atoms with E-state index in [1.54, 1.807) is 36.4 Å². The highest BCUT2D eigenvalue weighted by atomic mass is 16.5. The molecular weight excluding hydrogens is 310 g/mol. The molecule has 3 rings (SSSR count). The fourth-order valence-corrected chi connectivity index (χ4v) is 2.15. The molecule has 122 valence electrons. The zero-order valence-corrected chi connectivity index (χ0v) is 13.2. The third kappa shape index (κ3) is 3.07. The molecule has 0 atom stereocenters. The fraction of sp³-hybridized carbons (Fsp3) is 0.188. The predicted octanol–water partition coefficient (Wildman–Crippen LogP) is 1.27. The molecule has 0 radical (unpaired) electrons. The van der Waals surface area contributed by atoms with Gasteiger partial charge in [-0.05, 0) is 25.1 Å². The summed E-state index contributed by atoms with van der Waals surface area (Å²) in [6.45, 7) is 1.64. The molecule has 8 nitrogen and oxygen atoms in total. The molecule has 1 N–H and O–H groups in total. The SMILES string of the molecule is COc1ccc2nnc(CNC(=O)c3ccc(C(C)=O)cc3)n2n1. The average molecular weight is 325 g/mol. The van der Waals surface area contributed by atoms with Crippen LogP contribution >= 0.6 is 0 Å². The molecule has 24 heavy (non-hydrogen) atoms. The molecule has 8 heteroatoms. The number of aromatic nitrogens is 4. The lowest BCUT2D eigenvalue weighted by Crippen LogP contribution is -2.24. The van der Waals surface area contributed by atoms with Crippen molar-refractivity contribution >= 4 is 17.3 Å². The van der Waals surface area contributed by atoms with E-state index in [0.717, 1.165) is 0 Å². The van der Waals surface area contributed by atoms with Crippen LogP contribution < -0.4 is 10.1 Å². The Morgan fingerprint density at radius 3 is 2.46 bits per heavy atom. The molecule has 1 aromatic carbocycles. The summed E-state index contributed by atoms with van der Waals surface area (Å²) in [5.74, 6) is 0.592. The fourth-order valence-electron chi connectivity index (χ4n) is 2.15. The molecule has 0 bridgehead atoms. The largest absolute Gasteiger partial charge is 0.480 e.